The molecular weight excluding hydrogens is 297 g/mol. The molecular formula is C12H10Cl3NS. The first-order chi connectivity index (χ1) is 8.11. The quantitative estimate of drug-likeness (QED) is 0.840. The van der Waals surface area contributed by atoms with Gasteiger partial charge in [0.25, 0.3) is 0 Å². The number of rotatable bonds is 3. The normalized spacial score (nSPS) is 12.7. The summed E-state index contributed by atoms with van der Waals surface area (Å²) < 4.78 is 1.39. The van der Waals surface area contributed by atoms with Crippen molar-refractivity contribution in [3.8, 4) is 0 Å². The van der Waals surface area contributed by atoms with E-state index in [2.05, 4.69) is 5.32 Å². The lowest BCUT2D eigenvalue weighted by Crippen LogP contribution is -2.17. The Hall–Kier alpha value is -0.250. The van der Waals surface area contributed by atoms with Crippen LogP contribution in [-0.2, 0) is 0 Å². The highest BCUT2D eigenvalue weighted by Crippen LogP contribution is 2.37. The Balaban J connectivity index is 2.43. The van der Waals surface area contributed by atoms with Gasteiger partial charge >= 0.3 is 0 Å². The van der Waals surface area contributed by atoms with Crippen molar-refractivity contribution >= 4 is 46.1 Å². The van der Waals surface area contributed by atoms with Gasteiger partial charge in [-0.3, -0.25) is 0 Å². The predicted molar refractivity (Wildman–Crippen MR) is 76.7 cm³/mol. The van der Waals surface area contributed by atoms with E-state index < -0.39 is 0 Å². The van der Waals surface area contributed by atoms with Crippen molar-refractivity contribution in [3.05, 3.63) is 55.2 Å². The third-order valence-corrected chi connectivity index (χ3v) is 4.22. The maximum atomic E-state index is 6.17. The van der Waals surface area contributed by atoms with Gasteiger partial charge in [0.15, 0.2) is 0 Å². The molecule has 2 aromatic rings. The van der Waals surface area contributed by atoms with Crippen LogP contribution in [0.15, 0.2) is 30.3 Å². The molecule has 0 fully saturated rings. The largest absolute Gasteiger partial charge is 0.309 e. The molecule has 17 heavy (non-hydrogen) atoms. The van der Waals surface area contributed by atoms with E-state index in [1.165, 1.54) is 11.3 Å². The van der Waals surface area contributed by atoms with E-state index in [4.69, 9.17) is 34.8 Å². The highest BCUT2D eigenvalue weighted by molar-refractivity contribution is 7.20. The molecule has 0 spiro atoms. The van der Waals surface area contributed by atoms with E-state index in [9.17, 15) is 0 Å². The molecule has 90 valence electrons. The molecule has 0 aliphatic heterocycles. The molecule has 0 radical (unpaired) electrons. The number of hydrogen-bond acceptors (Lipinski definition) is 2. The first kappa shape index (κ1) is 13.2. The fourth-order valence-corrected chi connectivity index (χ4v) is 3.47. The molecule has 1 N–H and O–H groups in total. The second-order valence-electron chi connectivity index (χ2n) is 3.56. The van der Waals surface area contributed by atoms with Crippen molar-refractivity contribution < 1.29 is 0 Å². The van der Waals surface area contributed by atoms with E-state index in [-0.39, 0.29) is 6.04 Å². The lowest BCUT2D eigenvalue weighted by atomic mass is 10.0. The number of benzene rings is 1. The summed E-state index contributed by atoms with van der Waals surface area (Å²) >= 11 is 19.5. The maximum Gasteiger partial charge on any atom is 0.0995 e. The first-order valence-corrected chi connectivity index (χ1v) is 6.94. The summed E-state index contributed by atoms with van der Waals surface area (Å²) in [5.41, 5.74) is 2.04. The minimum absolute atomic E-state index is 0.00458. The number of thiophene rings is 1. The molecule has 1 aromatic carbocycles. The van der Waals surface area contributed by atoms with Crippen LogP contribution in [0.4, 0.5) is 0 Å². The van der Waals surface area contributed by atoms with Crippen molar-refractivity contribution in [2.45, 2.75) is 6.04 Å². The number of nitrogens with one attached hydrogen (secondary N) is 1. The summed E-state index contributed by atoms with van der Waals surface area (Å²) in [7, 11) is 1.88. The summed E-state index contributed by atoms with van der Waals surface area (Å²) in [6.07, 6.45) is 0. The molecule has 2 rings (SSSR count). The van der Waals surface area contributed by atoms with Crippen molar-refractivity contribution in [1.29, 1.82) is 0 Å². The van der Waals surface area contributed by atoms with Gasteiger partial charge in [0.1, 0.15) is 0 Å². The van der Waals surface area contributed by atoms with Gasteiger partial charge in [0, 0.05) is 10.6 Å². The zero-order chi connectivity index (χ0) is 12.4. The van der Waals surface area contributed by atoms with Gasteiger partial charge in [0.05, 0.1) is 14.7 Å². The number of hydrogen-bond donors (Lipinski definition) is 1. The third-order valence-electron chi connectivity index (χ3n) is 2.46. The van der Waals surface area contributed by atoms with Crippen LogP contribution in [0.25, 0.3) is 0 Å². The topological polar surface area (TPSA) is 12.0 Å². The minimum Gasteiger partial charge on any atom is -0.309 e. The molecule has 1 unspecified atom stereocenters. The molecule has 1 nitrogen and oxygen atoms in total. The molecule has 1 aromatic heterocycles. The van der Waals surface area contributed by atoms with Gasteiger partial charge in [-0.25, -0.2) is 0 Å². The Kier molecular flexibility index (Phi) is 4.34. The minimum atomic E-state index is 0.00458. The molecule has 5 heteroatoms. The Morgan fingerprint density at radius 2 is 1.94 bits per heavy atom. The van der Waals surface area contributed by atoms with Crippen molar-refractivity contribution in [3.63, 3.8) is 0 Å². The highest BCUT2D eigenvalue weighted by atomic mass is 35.5. The third kappa shape index (κ3) is 2.95. The molecule has 0 aliphatic carbocycles. The Labute approximate surface area is 119 Å². The lowest BCUT2D eigenvalue weighted by Gasteiger charge is -2.16. The summed E-state index contributed by atoms with van der Waals surface area (Å²) in [6.45, 7) is 0. The van der Waals surface area contributed by atoms with Crippen LogP contribution in [0.3, 0.4) is 0 Å². The molecule has 1 atom stereocenters. The SMILES string of the molecule is CNC(c1cccc(Cl)c1)c1cc(Cl)sc1Cl. The second kappa shape index (κ2) is 5.59. The van der Waals surface area contributed by atoms with Crippen LogP contribution in [0, 0.1) is 0 Å². The lowest BCUT2D eigenvalue weighted by molar-refractivity contribution is 0.694. The first-order valence-electron chi connectivity index (χ1n) is 4.99. The van der Waals surface area contributed by atoms with Gasteiger partial charge in [-0.05, 0) is 30.8 Å². The molecule has 0 saturated carbocycles. The van der Waals surface area contributed by atoms with Crippen molar-refractivity contribution in [1.82, 2.24) is 5.32 Å². The molecule has 0 bridgehead atoms. The zero-order valence-corrected chi connectivity index (χ0v) is 12.1. The van der Waals surface area contributed by atoms with E-state index in [1.54, 1.807) is 0 Å². The van der Waals surface area contributed by atoms with Crippen LogP contribution in [0.5, 0.6) is 0 Å². The van der Waals surface area contributed by atoms with E-state index in [1.807, 2.05) is 37.4 Å². The van der Waals surface area contributed by atoms with Crippen LogP contribution in [0.2, 0.25) is 13.7 Å². The van der Waals surface area contributed by atoms with E-state index in [0.717, 1.165) is 11.1 Å². The monoisotopic (exact) mass is 305 g/mol. The highest BCUT2D eigenvalue weighted by Gasteiger charge is 2.18. The standard InChI is InChI=1S/C12H10Cl3NS/c1-16-11(7-3-2-4-8(13)5-7)9-6-10(14)17-12(9)15/h2-6,11,16H,1H3. The smallest absolute Gasteiger partial charge is 0.0995 e. The maximum absolute atomic E-state index is 6.17. The summed E-state index contributed by atoms with van der Waals surface area (Å²) in [5.74, 6) is 0. The summed E-state index contributed by atoms with van der Waals surface area (Å²) in [5, 5.41) is 3.93. The average molecular weight is 307 g/mol. The van der Waals surface area contributed by atoms with Crippen molar-refractivity contribution in [2.24, 2.45) is 0 Å². The Morgan fingerprint density at radius 1 is 1.18 bits per heavy atom. The number of halogens is 3. The van der Waals surface area contributed by atoms with Gasteiger partial charge in [-0.1, -0.05) is 46.9 Å². The van der Waals surface area contributed by atoms with Crippen molar-refractivity contribution in [2.75, 3.05) is 7.05 Å². The fourth-order valence-electron chi connectivity index (χ4n) is 1.74. The summed E-state index contributed by atoms with van der Waals surface area (Å²) in [6, 6.07) is 9.59. The summed E-state index contributed by atoms with van der Waals surface area (Å²) in [4.78, 5) is 0. The van der Waals surface area contributed by atoms with Crippen LogP contribution >= 0.6 is 46.1 Å². The predicted octanol–water partition coefficient (Wildman–Crippen LogP) is 5.02. The second-order valence-corrected chi connectivity index (χ2v) is 6.28. The van der Waals surface area contributed by atoms with Crippen LogP contribution in [0.1, 0.15) is 17.2 Å². The van der Waals surface area contributed by atoms with Gasteiger partial charge in [0.2, 0.25) is 0 Å². The van der Waals surface area contributed by atoms with Gasteiger partial charge in [-0.15, -0.1) is 11.3 Å². The molecule has 0 aliphatic rings. The fraction of sp³-hybridized carbons (Fsp3) is 0.167. The van der Waals surface area contributed by atoms with Crippen LogP contribution < -0.4 is 5.32 Å². The van der Waals surface area contributed by atoms with E-state index in [0.29, 0.717) is 13.7 Å². The zero-order valence-electron chi connectivity index (χ0n) is 9.01. The van der Waals surface area contributed by atoms with Crippen LogP contribution in [-0.4, -0.2) is 7.05 Å². The Bertz CT molecular complexity index is 524. The molecule has 1 heterocycles. The van der Waals surface area contributed by atoms with E-state index >= 15 is 0 Å². The molecule has 0 saturated heterocycles. The van der Waals surface area contributed by atoms with Gasteiger partial charge in [-0.2, -0.15) is 0 Å². The van der Waals surface area contributed by atoms with Gasteiger partial charge < -0.3 is 5.32 Å². The average Bonchev–Trinajstić information content (AvgIpc) is 2.59. The Morgan fingerprint density at radius 3 is 2.47 bits per heavy atom. The molecule has 0 amide bonds.